The lowest BCUT2D eigenvalue weighted by atomic mass is 10.0. The first-order chi connectivity index (χ1) is 12.7. The number of benzene rings is 1. The molecule has 1 aromatic carbocycles. The lowest BCUT2D eigenvalue weighted by molar-refractivity contribution is 0.00752. The topological polar surface area (TPSA) is 58.1 Å². The summed E-state index contributed by atoms with van der Waals surface area (Å²) in [6, 6.07) is 8.79. The Labute approximate surface area is 181 Å². The van der Waals surface area contributed by atoms with Crippen LogP contribution in [0.1, 0.15) is 25.0 Å². The number of nitrogens with one attached hydrogen (secondary N) is 2. The van der Waals surface area contributed by atoms with Gasteiger partial charge in [0, 0.05) is 46.4 Å². The van der Waals surface area contributed by atoms with E-state index in [0.717, 1.165) is 45.4 Å². The third kappa shape index (κ3) is 7.93. The van der Waals surface area contributed by atoms with Crippen molar-refractivity contribution < 1.29 is 9.47 Å². The Hall–Kier alpha value is -0.900. The fourth-order valence-electron chi connectivity index (χ4n) is 3.32. The molecule has 1 saturated heterocycles. The van der Waals surface area contributed by atoms with Crippen molar-refractivity contribution in [2.45, 2.75) is 33.0 Å². The van der Waals surface area contributed by atoms with E-state index in [1.165, 1.54) is 11.1 Å². The molecule has 1 aromatic rings. The van der Waals surface area contributed by atoms with Gasteiger partial charge in [0.05, 0.1) is 19.8 Å². The molecule has 1 fully saturated rings. The van der Waals surface area contributed by atoms with E-state index in [1.54, 1.807) is 7.11 Å². The molecule has 0 aliphatic carbocycles. The second-order valence-electron chi connectivity index (χ2n) is 6.97. The summed E-state index contributed by atoms with van der Waals surface area (Å²) >= 11 is 0. The van der Waals surface area contributed by atoms with Crippen LogP contribution in [0.25, 0.3) is 0 Å². The van der Waals surface area contributed by atoms with Crippen molar-refractivity contribution in [3.05, 3.63) is 35.4 Å². The van der Waals surface area contributed by atoms with Gasteiger partial charge < -0.3 is 20.1 Å². The van der Waals surface area contributed by atoms with Crippen LogP contribution in [0.15, 0.2) is 29.3 Å². The van der Waals surface area contributed by atoms with Gasteiger partial charge in [-0.25, -0.2) is 0 Å². The molecule has 0 saturated carbocycles. The van der Waals surface area contributed by atoms with Gasteiger partial charge in [-0.05, 0) is 17.0 Å². The normalized spacial score (nSPS) is 16.7. The van der Waals surface area contributed by atoms with Crippen LogP contribution < -0.4 is 10.6 Å². The Balaban J connectivity index is 0.00000364. The number of ether oxygens (including phenoxy) is 2. The van der Waals surface area contributed by atoms with E-state index >= 15 is 0 Å². The van der Waals surface area contributed by atoms with Gasteiger partial charge in [0.1, 0.15) is 0 Å². The molecule has 1 aliphatic heterocycles. The molecule has 7 heteroatoms. The lowest BCUT2D eigenvalue weighted by Gasteiger charge is -2.37. The zero-order valence-corrected chi connectivity index (χ0v) is 19.4. The Morgan fingerprint density at radius 3 is 2.44 bits per heavy atom. The summed E-state index contributed by atoms with van der Waals surface area (Å²) in [7, 11) is 3.54. The first-order valence-electron chi connectivity index (χ1n) is 9.47. The molecular formula is C20H35IN4O2. The van der Waals surface area contributed by atoms with Crippen molar-refractivity contribution in [1.82, 2.24) is 15.5 Å². The highest BCUT2D eigenvalue weighted by Gasteiger charge is 2.23. The number of halogens is 1. The zero-order valence-electron chi connectivity index (χ0n) is 17.0. The second-order valence-corrected chi connectivity index (χ2v) is 6.97. The molecule has 0 radical (unpaired) electrons. The van der Waals surface area contributed by atoms with E-state index < -0.39 is 0 Å². The van der Waals surface area contributed by atoms with E-state index in [1.807, 2.05) is 13.1 Å². The van der Waals surface area contributed by atoms with Crippen LogP contribution in [0, 0.1) is 5.92 Å². The van der Waals surface area contributed by atoms with Gasteiger partial charge in [-0.2, -0.15) is 0 Å². The fraction of sp³-hybridized carbons (Fsp3) is 0.650. The summed E-state index contributed by atoms with van der Waals surface area (Å²) in [5.41, 5.74) is 2.43. The van der Waals surface area contributed by atoms with E-state index in [9.17, 15) is 0 Å². The number of rotatable bonds is 8. The van der Waals surface area contributed by atoms with Gasteiger partial charge >= 0.3 is 0 Å². The van der Waals surface area contributed by atoms with Crippen LogP contribution in [0.4, 0.5) is 0 Å². The monoisotopic (exact) mass is 490 g/mol. The Morgan fingerprint density at radius 1 is 1.19 bits per heavy atom. The zero-order chi connectivity index (χ0) is 18.8. The van der Waals surface area contributed by atoms with Crippen molar-refractivity contribution in [3.63, 3.8) is 0 Å². The van der Waals surface area contributed by atoms with Crippen LogP contribution in [-0.4, -0.2) is 63.9 Å². The molecule has 0 spiro atoms. The maximum atomic E-state index is 5.49. The van der Waals surface area contributed by atoms with Crippen LogP contribution in [-0.2, 0) is 22.6 Å². The Morgan fingerprint density at radius 2 is 1.85 bits per heavy atom. The predicted molar refractivity (Wildman–Crippen MR) is 122 cm³/mol. The van der Waals surface area contributed by atoms with E-state index in [0.29, 0.717) is 18.6 Å². The largest absolute Gasteiger partial charge is 0.380 e. The third-order valence-electron chi connectivity index (χ3n) is 4.85. The van der Waals surface area contributed by atoms with Crippen molar-refractivity contribution in [3.8, 4) is 0 Å². The summed E-state index contributed by atoms with van der Waals surface area (Å²) < 4.78 is 10.8. The summed E-state index contributed by atoms with van der Waals surface area (Å²) in [6.07, 6.45) is 0. The first kappa shape index (κ1) is 24.1. The van der Waals surface area contributed by atoms with Gasteiger partial charge in [-0.15, -0.1) is 24.0 Å². The Kier molecular flexibility index (Phi) is 11.9. The fourth-order valence-corrected chi connectivity index (χ4v) is 3.32. The molecule has 27 heavy (non-hydrogen) atoms. The minimum absolute atomic E-state index is 0. The SMILES string of the molecule is CN=C(NCc1ccccc1COC)NCC(C(C)C)N1CCOCC1.I. The minimum Gasteiger partial charge on any atom is -0.380 e. The highest BCUT2D eigenvalue weighted by molar-refractivity contribution is 14.0. The van der Waals surface area contributed by atoms with Crippen LogP contribution in [0.5, 0.6) is 0 Å². The molecule has 1 aliphatic rings. The van der Waals surface area contributed by atoms with Crippen molar-refractivity contribution in [2.24, 2.45) is 10.9 Å². The Bertz CT molecular complexity index is 563. The number of aliphatic imine (C=N–C) groups is 1. The van der Waals surface area contributed by atoms with Crippen LogP contribution in [0.2, 0.25) is 0 Å². The van der Waals surface area contributed by atoms with Gasteiger partial charge in [0.2, 0.25) is 0 Å². The van der Waals surface area contributed by atoms with Gasteiger partial charge in [-0.3, -0.25) is 9.89 Å². The lowest BCUT2D eigenvalue weighted by Crippen LogP contribution is -2.52. The van der Waals surface area contributed by atoms with Gasteiger partial charge in [0.25, 0.3) is 0 Å². The number of hydrogen-bond acceptors (Lipinski definition) is 4. The van der Waals surface area contributed by atoms with Crippen molar-refractivity contribution >= 4 is 29.9 Å². The highest BCUT2D eigenvalue weighted by atomic mass is 127. The van der Waals surface area contributed by atoms with E-state index in [2.05, 4.69) is 52.6 Å². The van der Waals surface area contributed by atoms with Crippen molar-refractivity contribution in [1.29, 1.82) is 0 Å². The number of morpholine rings is 1. The predicted octanol–water partition coefficient (Wildman–Crippen LogP) is 2.47. The maximum Gasteiger partial charge on any atom is 0.191 e. The standard InChI is InChI=1S/C20H34N4O2.HI/c1-16(2)19(24-9-11-26-12-10-24)14-23-20(21-3)22-13-17-7-5-6-8-18(17)15-25-4;/h5-8,16,19H,9-15H2,1-4H3,(H2,21,22,23);1H. The molecule has 1 atom stereocenters. The summed E-state index contributed by atoms with van der Waals surface area (Å²) in [6.45, 7) is 10.4. The number of hydrogen-bond donors (Lipinski definition) is 2. The molecule has 2 rings (SSSR count). The number of guanidine groups is 1. The van der Waals surface area contributed by atoms with E-state index in [-0.39, 0.29) is 24.0 Å². The molecular weight excluding hydrogens is 455 g/mol. The average Bonchev–Trinajstić information content (AvgIpc) is 2.66. The quantitative estimate of drug-likeness (QED) is 0.333. The minimum atomic E-state index is 0. The second kappa shape index (κ2) is 13.3. The molecule has 1 heterocycles. The highest BCUT2D eigenvalue weighted by Crippen LogP contribution is 2.12. The number of nitrogens with zero attached hydrogens (tertiary/aromatic N) is 2. The van der Waals surface area contributed by atoms with Crippen LogP contribution >= 0.6 is 24.0 Å². The molecule has 0 bridgehead atoms. The van der Waals surface area contributed by atoms with Crippen molar-refractivity contribution in [2.75, 3.05) is 47.0 Å². The van der Waals surface area contributed by atoms with Gasteiger partial charge in [0.15, 0.2) is 5.96 Å². The molecule has 1 unspecified atom stereocenters. The maximum absolute atomic E-state index is 5.49. The van der Waals surface area contributed by atoms with Crippen LogP contribution in [0.3, 0.4) is 0 Å². The molecule has 0 amide bonds. The third-order valence-corrected chi connectivity index (χ3v) is 4.85. The summed E-state index contributed by atoms with van der Waals surface area (Å²) in [5.74, 6) is 1.40. The number of methoxy groups -OCH3 is 1. The smallest absolute Gasteiger partial charge is 0.191 e. The van der Waals surface area contributed by atoms with E-state index in [4.69, 9.17) is 9.47 Å². The molecule has 2 N–H and O–H groups in total. The molecule has 0 aromatic heterocycles. The molecule has 6 nitrogen and oxygen atoms in total. The average molecular weight is 490 g/mol. The molecule has 154 valence electrons. The first-order valence-corrected chi connectivity index (χ1v) is 9.47. The summed E-state index contributed by atoms with van der Waals surface area (Å²) in [5, 5.41) is 6.92. The van der Waals surface area contributed by atoms with Gasteiger partial charge in [-0.1, -0.05) is 38.1 Å². The summed E-state index contributed by atoms with van der Waals surface area (Å²) in [4.78, 5) is 6.89.